The topological polar surface area (TPSA) is 38.3 Å². The van der Waals surface area contributed by atoms with Crippen LogP contribution in [0.1, 0.15) is 23.6 Å². The number of amides is 1. The molecule has 3 nitrogen and oxygen atoms in total. The van der Waals surface area contributed by atoms with Crippen molar-refractivity contribution in [3.05, 3.63) is 64.5 Å². The molecule has 4 heteroatoms. The fraction of sp³-hybridized carbons (Fsp3) is 0.286. The molecule has 1 N–H and O–H groups in total. The lowest BCUT2D eigenvalue weighted by Crippen LogP contribution is -2.34. The van der Waals surface area contributed by atoms with Gasteiger partial charge in [0.25, 0.3) is 0 Å². The SMILES string of the molecule is Cc1cccc(C)c1OC(C)CNC(=O)Cc1csc2ccccc12. The van der Waals surface area contributed by atoms with Crippen LogP contribution in [0.4, 0.5) is 0 Å². The van der Waals surface area contributed by atoms with Gasteiger partial charge < -0.3 is 10.1 Å². The number of benzene rings is 2. The Morgan fingerprint density at radius 3 is 2.60 bits per heavy atom. The molecule has 1 amide bonds. The van der Waals surface area contributed by atoms with Crippen LogP contribution in [0.25, 0.3) is 10.1 Å². The van der Waals surface area contributed by atoms with Gasteiger partial charge in [0, 0.05) is 4.70 Å². The summed E-state index contributed by atoms with van der Waals surface area (Å²) in [5.74, 6) is 0.939. The monoisotopic (exact) mass is 353 g/mol. The first kappa shape index (κ1) is 17.5. The quantitative estimate of drug-likeness (QED) is 0.701. The molecule has 0 bridgehead atoms. The van der Waals surface area contributed by atoms with Gasteiger partial charge in [-0.2, -0.15) is 0 Å². The van der Waals surface area contributed by atoms with Gasteiger partial charge >= 0.3 is 0 Å². The summed E-state index contributed by atoms with van der Waals surface area (Å²) >= 11 is 1.68. The summed E-state index contributed by atoms with van der Waals surface area (Å²) in [5, 5.41) is 6.22. The normalized spacial score (nSPS) is 12.1. The van der Waals surface area contributed by atoms with Gasteiger partial charge in [0.15, 0.2) is 0 Å². The number of hydrogen-bond acceptors (Lipinski definition) is 3. The lowest BCUT2D eigenvalue weighted by molar-refractivity contribution is -0.120. The summed E-state index contributed by atoms with van der Waals surface area (Å²) < 4.78 is 7.24. The third kappa shape index (κ3) is 4.20. The van der Waals surface area contributed by atoms with Crippen LogP contribution in [0.15, 0.2) is 47.8 Å². The highest BCUT2D eigenvalue weighted by Gasteiger charge is 2.12. The van der Waals surface area contributed by atoms with Crippen molar-refractivity contribution in [3.8, 4) is 5.75 Å². The Kier molecular flexibility index (Phi) is 5.39. The van der Waals surface area contributed by atoms with Crippen molar-refractivity contribution in [2.75, 3.05) is 6.54 Å². The summed E-state index contributed by atoms with van der Waals surface area (Å²) in [6, 6.07) is 14.3. The maximum absolute atomic E-state index is 12.3. The smallest absolute Gasteiger partial charge is 0.224 e. The van der Waals surface area contributed by atoms with Crippen LogP contribution in [-0.2, 0) is 11.2 Å². The van der Waals surface area contributed by atoms with E-state index in [1.807, 2.05) is 51.1 Å². The number of thiophene rings is 1. The molecule has 3 aromatic rings. The van der Waals surface area contributed by atoms with Crippen molar-refractivity contribution in [1.82, 2.24) is 5.32 Å². The number of ether oxygens (including phenoxy) is 1. The molecule has 1 unspecified atom stereocenters. The molecule has 0 radical (unpaired) electrons. The van der Waals surface area contributed by atoms with Gasteiger partial charge in [-0.1, -0.05) is 36.4 Å². The van der Waals surface area contributed by atoms with E-state index in [-0.39, 0.29) is 12.0 Å². The zero-order valence-electron chi connectivity index (χ0n) is 14.8. The standard InChI is InChI=1S/C21H23NO2S/c1-14-7-6-8-15(2)21(14)24-16(3)12-22-20(23)11-17-13-25-19-10-5-4-9-18(17)19/h4-10,13,16H,11-12H2,1-3H3,(H,22,23). The van der Waals surface area contributed by atoms with Crippen LogP contribution >= 0.6 is 11.3 Å². The van der Waals surface area contributed by atoms with Crippen molar-refractivity contribution in [2.45, 2.75) is 33.3 Å². The highest BCUT2D eigenvalue weighted by Crippen LogP contribution is 2.26. The third-order valence-corrected chi connectivity index (χ3v) is 5.24. The molecule has 0 saturated carbocycles. The van der Waals surface area contributed by atoms with Gasteiger partial charge in [0.2, 0.25) is 5.91 Å². The zero-order valence-corrected chi connectivity index (χ0v) is 15.7. The molecule has 2 aromatic carbocycles. The second kappa shape index (κ2) is 7.70. The van der Waals surface area contributed by atoms with Crippen molar-refractivity contribution in [3.63, 3.8) is 0 Å². The number of nitrogens with one attached hydrogen (secondary N) is 1. The molecule has 1 atom stereocenters. The highest BCUT2D eigenvalue weighted by atomic mass is 32.1. The van der Waals surface area contributed by atoms with Crippen LogP contribution < -0.4 is 10.1 Å². The molecule has 3 rings (SSSR count). The summed E-state index contributed by atoms with van der Waals surface area (Å²) in [6.45, 7) is 6.55. The molecule has 0 spiro atoms. The molecule has 1 aromatic heterocycles. The predicted molar refractivity (Wildman–Crippen MR) is 105 cm³/mol. The van der Waals surface area contributed by atoms with E-state index in [2.05, 4.69) is 22.8 Å². The van der Waals surface area contributed by atoms with Gasteiger partial charge in [-0.05, 0) is 54.3 Å². The number of aryl methyl sites for hydroxylation is 2. The number of para-hydroxylation sites is 1. The molecule has 0 aliphatic heterocycles. The summed E-state index contributed by atoms with van der Waals surface area (Å²) in [7, 11) is 0. The lowest BCUT2D eigenvalue weighted by Gasteiger charge is -2.18. The van der Waals surface area contributed by atoms with E-state index in [1.165, 1.54) is 10.1 Å². The maximum atomic E-state index is 12.3. The van der Waals surface area contributed by atoms with Crippen LogP contribution in [0, 0.1) is 13.8 Å². The van der Waals surface area contributed by atoms with Crippen molar-refractivity contribution < 1.29 is 9.53 Å². The van der Waals surface area contributed by atoms with Crippen molar-refractivity contribution in [2.24, 2.45) is 0 Å². The minimum atomic E-state index is -0.0806. The van der Waals surface area contributed by atoms with Gasteiger partial charge in [0.1, 0.15) is 11.9 Å². The van der Waals surface area contributed by atoms with E-state index in [4.69, 9.17) is 4.74 Å². The summed E-state index contributed by atoms with van der Waals surface area (Å²) in [6.07, 6.45) is 0.322. The number of carbonyl (C=O) groups excluding carboxylic acids is 1. The fourth-order valence-electron chi connectivity index (χ4n) is 2.89. The predicted octanol–water partition coefficient (Wildman–Crippen LogP) is 4.64. The minimum absolute atomic E-state index is 0.0282. The first-order valence-electron chi connectivity index (χ1n) is 8.49. The third-order valence-electron chi connectivity index (χ3n) is 4.23. The minimum Gasteiger partial charge on any atom is -0.488 e. The fourth-order valence-corrected chi connectivity index (χ4v) is 3.85. The largest absolute Gasteiger partial charge is 0.488 e. The molecule has 0 saturated heterocycles. The number of hydrogen-bond donors (Lipinski definition) is 1. The molecule has 25 heavy (non-hydrogen) atoms. The molecule has 0 aliphatic carbocycles. The Morgan fingerprint density at radius 1 is 1.12 bits per heavy atom. The van der Waals surface area contributed by atoms with Crippen LogP contribution in [0.5, 0.6) is 5.75 Å². The lowest BCUT2D eigenvalue weighted by atomic mass is 10.1. The zero-order chi connectivity index (χ0) is 17.8. The Bertz CT molecular complexity index is 864. The molecule has 0 aliphatic rings. The maximum Gasteiger partial charge on any atom is 0.224 e. The Morgan fingerprint density at radius 2 is 1.84 bits per heavy atom. The Balaban J connectivity index is 1.55. The van der Waals surface area contributed by atoms with E-state index in [9.17, 15) is 4.79 Å². The van der Waals surface area contributed by atoms with Gasteiger partial charge in [-0.25, -0.2) is 0 Å². The summed E-state index contributed by atoms with van der Waals surface area (Å²) in [4.78, 5) is 12.3. The second-order valence-corrected chi connectivity index (χ2v) is 7.30. The van der Waals surface area contributed by atoms with E-state index in [0.29, 0.717) is 13.0 Å². The Hall–Kier alpha value is -2.33. The van der Waals surface area contributed by atoms with E-state index < -0.39 is 0 Å². The van der Waals surface area contributed by atoms with Gasteiger partial charge in [0.05, 0.1) is 13.0 Å². The first-order chi connectivity index (χ1) is 12.0. The summed E-state index contributed by atoms with van der Waals surface area (Å²) in [5.41, 5.74) is 3.31. The van der Waals surface area contributed by atoms with Crippen LogP contribution in [0.2, 0.25) is 0 Å². The number of fused-ring (bicyclic) bond motifs is 1. The molecule has 0 fully saturated rings. The molecular weight excluding hydrogens is 330 g/mol. The molecular formula is C21H23NO2S. The molecule has 1 heterocycles. The number of carbonyl (C=O) groups is 1. The van der Waals surface area contributed by atoms with E-state index in [1.54, 1.807) is 11.3 Å². The van der Waals surface area contributed by atoms with Crippen molar-refractivity contribution in [1.29, 1.82) is 0 Å². The first-order valence-corrected chi connectivity index (χ1v) is 9.37. The molecule has 130 valence electrons. The van der Waals surface area contributed by atoms with E-state index >= 15 is 0 Å². The number of rotatable bonds is 6. The Labute approximate surface area is 152 Å². The van der Waals surface area contributed by atoms with Crippen molar-refractivity contribution >= 4 is 27.3 Å². The van der Waals surface area contributed by atoms with Gasteiger partial charge in [-0.15, -0.1) is 11.3 Å². The average molecular weight is 353 g/mol. The second-order valence-electron chi connectivity index (χ2n) is 6.39. The van der Waals surface area contributed by atoms with Gasteiger partial charge in [-0.3, -0.25) is 4.79 Å². The average Bonchev–Trinajstić information content (AvgIpc) is 3.00. The van der Waals surface area contributed by atoms with E-state index in [0.717, 1.165) is 22.4 Å². The van der Waals surface area contributed by atoms with Crippen LogP contribution in [0.3, 0.4) is 0 Å². The highest BCUT2D eigenvalue weighted by molar-refractivity contribution is 7.17. The van der Waals surface area contributed by atoms with Crippen LogP contribution in [-0.4, -0.2) is 18.6 Å².